The van der Waals surface area contributed by atoms with Crippen molar-refractivity contribution in [2.75, 3.05) is 19.3 Å². The van der Waals surface area contributed by atoms with E-state index in [-0.39, 0.29) is 57.4 Å². The van der Waals surface area contributed by atoms with E-state index in [0.717, 1.165) is 81.1 Å². The molecule has 0 heterocycles. The SMILES string of the molecule is Br.Br.CS(=O)(=O)c1ccc(CCNCCCCCCC2c3ccc(O)c(O)c3CCC2N)cc1. The quantitative estimate of drug-likeness (QED) is 0.212. The number of rotatable bonds is 11. The second kappa shape index (κ2) is 14.4. The van der Waals surface area contributed by atoms with Crippen molar-refractivity contribution in [3.05, 3.63) is 53.1 Å². The predicted octanol–water partition coefficient (Wildman–Crippen LogP) is 4.80. The van der Waals surface area contributed by atoms with E-state index < -0.39 is 9.84 Å². The Morgan fingerprint density at radius 3 is 2.32 bits per heavy atom. The van der Waals surface area contributed by atoms with E-state index in [1.807, 2.05) is 18.2 Å². The standard InChI is InChI=1S/C25H36N2O4S.2BrH/c1-32(30,31)19-9-7-18(8-10-19)15-17-27-16-5-3-2-4-6-21-20-12-14-24(28)25(29)22(20)11-13-23(21)26;;/h7-10,12,14,21,23,27-29H,2-6,11,13,15-17,26H2,1H3;2*1H. The number of hydrogen-bond donors (Lipinski definition) is 4. The first-order valence-corrected chi connectivity index (χ1v) is 13.5. The molecule has 6 nitrogen and oxygen atoms in total. The molecule has 2 aromatic carbocycles. The van der Waals surface area contributed by atoms with Crippen molar-refractivity contribution < 1.29 is 18.6 Å². The van der Waals surface area contributed by atoms with E-state index in [9.17, 15) is 18.6 Å². The largest absolute Gasteiger partial charge is 0.504 e. The fourth-order valence-electron chi connectivity index (χ4n) is 4.59. The van der Waals surface area contributed by atoms with E-state index in [2.05, 4.69) is 5.32 Å². The zero-order chi connectivity index (χ0) is 23.1. The third-order valence-corrected chi connectivity index (χ3v) is 7.63. The minimum Gasteiger partial charge on any atom is -0.504 e. The van der Waals surface area contributed by atoms with Crippen molar-refractivity contribution in [2.45, 2.75) is 68.2 Å². The van der Waals surface area contributed by atoms with Gasteiger partial charge in [-0.3, -0.25) is 0 Å². The van der Waals surface area contributed by atoms with Gasteiger partial charge in [-0.2, -0.15) is 0 Å². The molecule has 2 unspecified atom stereocenters. The number of unbranched alkanes of at least 4 members (excludes halogenated alkanes) is 3. The van der Waals surface area contributed by atoms with Crippen LogP contribution in [-0.4, -0.2) is 44.0 Å². The molecule has 192 valence electrons. The van der Waals surface area contributed by atoms with E-state index in [1.165, 1.54) is 6.26 Å². The van der Waals surface area contributed by atoms with Crippen LogP contribution in [0.1, 0.15) is 61.1 Å². The number of benzene rings is 2. The third-order valence-electron chi connectivity index (χ3n) is 6.50. The molecule has 9 heteroatoms. The highest BCUT2D eigenvalue weighted by Crippen LogP contribution is 2.42. The molecular weight excluding hydrogens is 584 g/mol. The van der Waals surface area contributed by atoms with Gasteiger partial charge in [0.2, 0.25) is 0 Å². The lowest BCUT2D eigenvalue weighted by Gasteiger charge is -2.32. The van der Waals surface area contributed by atoms with Crippen LogP contribution < -0.4 is 11.1 Å². The molecule has 0 radical (unpaired) electrons. The van der Waals surface area contributed by atoms with Crippen molar-refractivity contribution >= 4 is 43.8 Å². The average Bonchev–Trinajstić information content (AvgIpc) is 2.76. The van der Waals surface area contributed by atoms with Crippen molar-refractivity contribution in [3.63, 3.8) is 0 Å². The van der Waals surface area contributed by atoms with Gasteiger partial charge in [-0.05, 0) is 80.4 Å². The van der Waals surface area contributed by atoms with Gasteiger partial charge in [-0.15, -0.1) is 34.0 Å². The fraction of sp³-hybridized carbons (Fsp3) is 0.520. The van der Waals surface area contributed by atoms with E-state index in [0.29, 0.717) is 4.90 Å². The number of aromatic hydroxyl groups is 2. The Morgan fingerprint density at radius 1 is 0.971 bits per heavy atom. The summed E-state index contributed by atoms with van der Waals surface area (Å²) in [5.41, 5.74) is 9.47. The number of hydrogen-bond acceptors (Lipinski definition) is 6. The molecule has 0 aliphatic heterocycles. The van der Waals surface area contributed by atoms with Gasteiger partial charge < -0.3 is 21.3 Å². The number of phenolic OH excluding ortho intramolecular Hbond substituents is 2. The Hall–Kier alpha value is -1.13. The van der Waals surface area contributed by atoms with Gasteiger partial charge in [0.1, 0.15) is 0 Å². The van der Waals surface area contributed by atoms with Crippen LogP contribution in [0, 0.1) is 0 Å². The summed E-state index contributed by atoms with van der Waals surface area (Å²) in [6, 6.07) is 10.7. The van der Waals surface area contributed by atoms with Crippen molar-refractivity contribution in [2.24, 2.45) is 5.73 Å². The van der Waals surface area contributed by atoms with Gasteiger partial charge >= 0.3 is 0 Å². The van der Waals surface area contributed by atoms with Gasteiger partial charge in [-0.1, -0.05) is 37.5 Å². The van der Waals surface area contributed by atoms with Gasteiger partial charge in [0.05, 0.1) is 4.90 Å². The van der Waals surface area contributed by atoms with E-state index in [1.54, 1.807) is 18.2 Å². The summed E-state index contributed by atoms with van der Waals surface area (Å²) in [6.07, 6.45) is 9.21. The lowest BCUT2D eigenvalue weighted by molar-refractivity contribution is 0.380. The molecule has 0 amide bonds. The van der Waals surface area contributed by atoms with Crippen molar-refractivity contribution in [1.29, 1.82) is 0 Å². The van der Waals surface area contributed by atoms with Crippen LogP contribution >= 0.6 is 34.0 Å². The monoisotopic (exact) mass is 620 g/mol. The maximum atomic E-state index is 11.5. The maximum Gasteiger partial charge on any atom is 0.175 e. The molecule has 0 saturated carbocycles. The second-order valence-corrected chi connectivity index (χ2v) is 10.9. The molecule has 0 fully saturated rings. The molecular formula is C25H38Br2N2O4S. The molecule has 34 heavy (non-hydrogen) atoms. The van der Waals surface area contributed by atoms with Gasteiger partial charge in [0.15, 0.2) is 21.3 Å². The molecule has 1 aliphatic carbocycles. The first-order chi connectivity index (χ1) is 15.3. The Kier molecular flexibility index (Phi) is 13.1. The Bertz CT molecular complexity index is 1000. The van der Waals surface area contributed by atoms with E-state index in [4.69, 9.17) is 5.73 Å². The summed E-state index contributed by atoms with van der Waals surface area (Å²) >= 11 is 0. The van der Waals surface area contributed by atoms with Gasteiger partial charge in [0.25, 0.3) is 0 Å². The number of phenols is 2. The summed E-state index contributed by atoms with van der Waals surface area (Å²) in [6.45, 7) is 1.85. The lowest BCUT2D eigenvalue weighted by Crippen LogP contribution is -2.33. The van der Waals surface area contributed by atoms with Gasteiger partial charge in [-0.25, -0.2) is 8.42 Å². The normalized spacial score (nSPS) is 17.4. The first kappa shape index (κ1) is 30.9. The molecule has 3 rings (SSSR count). The number of sulfone groups is 1. The topological polar surface area (TPSA) is 113 Å². The Balaban J connectivity index is 0.00000289. The van der Waals surface area contributed by atoms with Crippen molar-refractivity contribution in [3.8, 4) is 11.5 Å². The highest BCUT2D eigenvalue weighted by atomic mass is 79.9. The molecule has 0 bridgehead atoms. The highest BCUT2D eigenvalue weighted by molar-refractivity contribution is 8.93. The zero-order valence-corrected chi connectivity index (χ0v) is 23.9. The molecule has 0 spiro atoms. The van der Waals surface area contributed by atoms with Crippen LogP contribution in [0.25, 0.3) is 0 Å². The van der Waals surface area contributed by atoms with E-state index >= 15 is 0 Å². The second-order valence-electron chi connectivity index (χ2n) is 8.93. The predicted molar refractivity (Wildman–Crippen MR) is 149 cm³/mol. The van der Waals surface area contributed by atoms with Crippen LogP contribution in [0.4, 0.5) is 0 Å². The zero-order valence-electron chi connectivity index (χ0n) is 19.7. The molecule has 1 aliphatic rings. The maximum absolute atomic E-state index is 11.5. The summed E-state index contributed by atoms with van der Waals surface area (Å²) < 4.78 is 23.0. The molecule has 0 aromatic heterocycles. The number of fused-ring (bicyclic) bond motifs is 1. The molecule has 5 N–H and O–H groups in total. The summed E-state index contributed by atoms with van der Waals surface area (Å²) in [4.78, 5) is 0.363. The fourth-order valence-corrected chi connectivity index (χ4v) is 5.22. The van der Waals surface area contributed by atoms with Crippen LogP contribution in [0.2, 0.25) is 0 Å². The number of halogens is 2. The van der Waals surface area contributed by atoms with Crippen LogP contribution in [0.5, 0.6) is 11.5 Å². The van der Waals surface area contributed by atoms with Crippen LogP contribution in [0.15, 0.2) is 41.3 Å². The number of nitrogens with two attached hydrogens (primary N) is 1. The van der Waals surface area contributed by atoms with Gasteiger partial charge in [0, 0.05) is 17.9 Å². The Morgan fingerprint density at radius 2 is 1.65 bits per heavy atom. The minimum absolute atomic E-state index is 0. The minimum atomic E-state index is -3.13. The summed E-state index contributed by atoms with van der Waals surface area (Å²) in [5.74, 6) is 0.227. The third kappa shape index (κ3) is 8.52. The average molecular weight is 622 g/mol. The molecule has 2 atom stereocenters. The van der Waals surface area contributed by atoms with Crippen molar-refractivity contribution in [1.82, 2.24) is 5.32 Å². The van der Waals surface area contributed by atoms with Crippen LogP contribution in [-0.2, 0) is 22.7 Å². The summed E-state index contributed by atoms with van der Waals surface area (Å²) in [5, 5.41) is 23.4. The first-order valence-electron chi connectivity index (χ1n) is 11.6. The molecule has 2 aromatic rings. The summed E-state index contributed by atoms with van der Waals surface area (Å²) in [7, 11) is -3.13. The Labute approximate surface area is 224 Å². The highest BCUT2D eigenvalue weighted by Gasteiger charge is 2.29. The van der Waals surface area contributed by atoms with Crippen LogP contribution in [0.3, 0.4) is 0 Å². The number of nitrogens with one attached hydrogen (secondary N) is 1. The molecule has 0 saturated heterocycles. The smallest absolute Gasteiger partial charge is 0.175 e. The lowest BCUT2D eigenvalue weighted by atomic mass is 9.76.